The molecule has 0 spiro atoms. The smallest absolute Gasteiger partial charge is 0.271 e. The molecule has 144 valence electrons. The van der Waals surface area contributed by atoms with Gasteiger partial charge >= 0.3 is 0 Å². The molecule has 0 bridgehead atoms. The Morgan fingerprint density at radius 1 is 1.15 bits per heavy atom. The fourth-order valence-electron chi connectivity index (χ4n) is 2.71. The van der Waals surface area contributed by atoms with E-state index in [1.165, 1.54) is 12.1 Å². The Hall–Kier alpha value is -3.13. The Kier molecular flexibility index (Phi) is 7.13. The van der Waals surface area contributed by atoms with Crippen LogP contribution in [0, 0.1) is 10.1 Å². The number of carbonyl (C=O) groups excluding carboxylic acids is 1. The first-order valence-corrected chi connectivity index (χ1v) is 8.68. The van der Waals surface area contributed by atoms with Crippen LogP contribution < -0.4 is 15.5 Å². The molecule has 0 aliphatic carbocycles. The first kappa shape index (κ1) is 20.2. The minimum absolute atomic E-state index is 0.0257. The van der Waals surface area contributed by atoms with E-state index in [-0.39, 0.29) is 30.8 Å². The first-order chi connectivity index (χ1) is 12.9. The predicted octanol–water partition coefficient (Wildman–Crippen LogP) is 2.85. The van der Waals surface area contributed by atoms with Crippen molar-refractivity contribution in [2.75, 3.05) is 35.2 Å². The summed E-state index contributed by atoms with van der Waals surface area (Å²) in [7, 11) is 0. The third-order valence-corrected chi connectivity index (χ3v) is 3.89. The molecule has 0 aliphatic heterocycles. The summed E-state index contributed by atoms with van der Waals surface area (Å²) in [4.78, 5) is 25.0. The van der Waals surface area contributed by atoms with Crippen molar-refractivity contribution in [2.45, 2.75) is 19.9 Å². The summed E-state index contributed by atoms with van der Waals surface area (Å²) < 4.78 is 0. The maximum Gasteiger partial charge on any atom is 0.271 e. The minimum Gasteiger partial charge on any atom is -0.395 e. The molecule has 3 N–H and O–H groups in total. The second-order valence-electron chi connectivity index (χ2n) is 6.18. The molecule has 0 radical (unpaired) electrons. The van der Waals surface area contributed by atoms with Gasteiger partial charge in [-0.2, -0.15) is 0 Å². The highest BCUT2D eigenvalue weighted by atomic mass is 16.6. The van der Waals surface area contributed by atoms with Gasteiger partial charge < -0.3 is 20.6 Å². The zero-order valence-electron chi connectivity index (χ0n) is 15.4. The number of aliphatic hydroxyl groups excluding tert-OH is 1. The van der Waals surface area contributed by atoms with E-state index in [2.05, 4.69) is 10.6 Å². The molecule has 2 rings (SSSR count). The van der Waals surface area contributed by atoms with Crippen LogP contribution in [0.4, 0.5) is 22.7 Å². The molecule has 8 nitrogen and oxygen atoms in total. The molecule has 0 heterocycles. The lowest BCUT2D eigenvalue weighted by molar-refractivity contribution is -0.384. The van der Waals surface area contributed by atoms with Crippen LogP contribution in [-0.2, 0) is 4.79 Å². The normalized spacial score (nSPS) is 10.5. The van der Waals surface area contributed by atoms with Crippen molar-refractivity contribution in [3.05, 3.63) is 58.6 Å². The molecule has 27 heavy (non-hydrogen) atoms. The van der Waals surface area contributed by atoms with Crippen LogP contribution in [-0.4, -0.2) is 41.7 Å². The number of para-hydroxylation sites is 1. The monoisotopic (exact) mass is 372 g/mol. The maximum absolute atomic E-state index is 12.8. The molecular weight excluding hydrogens is 348 g/mol. The van der Waals surface area contributed by atoms with E-state index >= 15 is 0 Å². The number of nitrogens with zero attached hydrogens (tertiary/aromatic N) is 2. The van der Waals surface area contributed by atoms with Crippen LogP contribution in [0.1, 0.15) is 13.8 Å². The Morgan fingerprint density at radius 3 is 2.44 bits per heavy atom. The molecule has 1 amide bonds. The zero-order chi connectivity index (χ0) is 19.8. The lowest BCUT2D eigenvalue weighted by atomic mass is 10.2. The second-order valence-corrected chi connectivity index (χ2v) is 6.18. The second kappa shape index (κ2) is 9.54. The van der Waals surface area contributed by atoms with Crippen molar-refractivity contribution in [2.24, 2.45) is 0 Å². The molecule has 0 fully saturated rings. The van der Waals surface area contributed by atoms with E-state index < -0.39 is 4.92 Å². The third-order valence-electron chi connectivity index (χ3n) is 3.89. The van der Waals surface area contributed by atoms with Crippen molar-refractivity contribution >= 4 is 28.7 Å². The van der Waals surface area contributed by atoms with Gasteiger partial charge in [0.1, 0.15) is 0 Å². The molecule has 2 aromatic carbocycles. The van der Waals surface area contributed by atoms with Crippen molar-refractivity contribution in [3.63, 3.8) is 0 Å². The van der Waals surface area contributed by atoms with Gasteiger partial charge in [-0.15, -0.1) is 0 Å². The summed E-state index contributed by atoms with van der Waals surface area (Å²) in [6.45, 7) is 4.04. The Morgan fingerprint density at radius 2 is 1.85 bits per heavy atom. The quantitative estimate of drug-likeness (QED) is 0.461. The van der Waals surface area contributed by atoms with Gasteiger partial charge in [0.05, 0.1) is 29.4 Å². The average molecular weight is 372 g/mol. The lowest BCUT2D eigenvalue weighted by Crippen LogP contribution is -2.40. The molecule has 0 atom stereocenters. The van der Waals surface area contributed by atoms with Gasteiger partial charge in [0, 0.05) is 30.4 Å². The van der Waals surface area contributed by atoms with Crippen molar-refractivity contribution in [1.29, 1.82) is 0 Å². The van der Waals surface area contributed by atoms with Gasteiger partial charge in [0.2, 0.25) is 5.91 Å². The van der Waals surface area contributed by atoms with Crippen LogP contribution >= 0.6 is 0 Å². The highest BCUT2D eigenvalue weighted by Gasteiger charge is 2.19. The van der Waals surface area contributed by atoms with Crippen molar-refractivity contribution in [1.82, 2.24) is 0 Å². The van der Waals surface area contributed by atoms with Gasteiger partial charge in [-0.05, 0) is 32.0 Å². The van der Waals surface area contributed by atoms with Crippen LogP contribution in [0.5, 0.6) is 0 Å². The third kappa shape index (κ3) is 5.42. The van der Waals surface area contributed by atoms with E-state index in [0.717, 1.165) is 5.69 Å². The predicted molar refractivity (Wildman–Crippen MR) is 106 cm³/mol. The summed E-state index contributed by atoms with van der Waals surface area (Å²) in [5, 5.41) is 26.0. The topological polar surface area (TPSA) is 108 Å². The fraction of sp³-hybridized carbons (Fsp3) is 0.316. The summed E-state index contributed by atoms with van der Waals surface area (Å²) in [5.74, 6) is -0.157. The van der Waals surface area contributed by atoms with Gasteiger partial charge in [0.15, 0.2) is 0 Å². The number of aliphatic hydroxyl groups is 1. The molecule has 2 aromatic rings. The Bertz CT molecular complexity index is 781. The average Bonchev–Trinajstić information content (AvgIpc) is 2.65. The van der Waals surface area contributed by atoms with Crippen molar-refractivity contribution in [3.8, 4) is 0 Å². The van der Waals surface area contributed by atoms with Gasteiger partial charge in [-0.3, -0.25) is 14.9 Å². The fourth-order valence-corrected chi connectivity index (χ4v) is 2.71. The van der Waals surface area contributed by atoms with Crippen molar-refractivity contribution < 1.29 is 14.8 Å². The standard InChI is InChI=1S/C19H24N4O4/c1-14(2)22(15-6-4-3-5-7-15)19(25)13-21-18-12-16(23(26)27)8-9-17(18)20-10-11-24/h3-9,12,14,20-21,24H,10-11,13H2,1-2H3. The number of benzene rings is 2. The Balaban J connectivity index is 2.19. The number of carbonyl (C=O) groups is 1. The van der Waals surface area contributed by atoms with E-state index in [1.54, 1.807) is 11.0 Å². The number of rotatable bonds is 9. The molecule has 0 unspecified atom stereocenters. The number of nitro benzene ring substituents is 1. The van der Waals surface area contributed by atoms with Crippen LogP contribution in [0.15, 0.2) is 48.5 Å². The molecule has 0 aromatic heterocycles. The number of non-ortho nitro benzene ring substituents is 1. The number of nitro groups is 1. The van der Waals surface area contributed by atoms with Crippen LogP contribution in [0.2, 0.25) is 0 Å². The first-order valence-electron chi connectivity index (χ1n) is 8.68. The molecular formula is C19H24N4O4. The van der Waals surface area contributed by atoms with Crippen LogP contribution in [0.25, 0.3) is 0 Å². The number of hydrogen-bond donors (Lipinski definition) is 3. The minimum atomic E-state index is -0.493. The summed E-state index contributed by atoms with van der Waals surface area (Å²) in [6.07, 6.45) is 0. The zero-order valence-corrected chi connectivity index (χ0v) is 15.4. The summed E-state index contributed by atoms with van der Waals surface area (Å²) in [5.41, 5.74) is 1.72. The molecule has 0 saturated heterocycles. The summed E-state index contributed by atoms with van der Waals surface area (Å²) >= 11 is 0. The number of anilines is 3. The highest BCUT2D eigenvalue weighted by molar-refractivity contribution is 5.97. The molecule has 0 saturated carbocycles. The largest absolute Gasteiger partial charge is 0.395 e. The van der Waals surface area contributed by atoms with Gasteiger partial charge in [0.25, 0.3) is 5.69 Å². The van der Waals surface area contributed by atoms with E-state index in [4.69, 9.17) is 5.11 Å². The maximum atomic E-state index is 12.8. The van der Waals surface area contributed by atoms with Gasteiger partial charge in [-0.25, -0.2) is 0 Å². The van der Waals surface area contributed by atoms with Crippen LogP contribution in [0.3, 0.4) is 0 Å². The lowest BCUT2D eigenvalue weighted by Gasteiger charge is -2.27. The molecule has 8 heteroatoms. The Labute approximate surface area is 158 Å². The highest BCUT2D eigenvalue weighted by Crippen LogP contribution is 2.27. The van der Waals surface area contributed by atoms with E-state index in [0.29, 0.717) is 17.9 Å². The molecule has 0 aliphatic rings. The van der Waals surface area contributed by atoms with Gasteiger partial charge in [-0.1, -0.05) is 18.2 Å². The summed E-state index contributed by atoms with van der Waals surface area (Å²) in [6, 6.07) is 13.6. The van der Waals surface area contributed by atoms with E-state index in [1.807, 2.05) is 44.2 Å². The number of amides is 1. The SMILES string of the molecule is CC(C)N(C(=O)CNc1cc([N+](=O)[O-])ccc1NCCO)c1ccccc1. The number of nitrogens with one attached hydrogen (secondary N) is 2. The van der Waals surface area contributed by atoms with E-state index in [9.17, 15) is 14.9 Å². The number of hydrogen-bond acceptors (Lipinski definition) is 6.